The second kappa shape index (κ2) is 5.89. The molecule has 0 amide bonds. The standard InChI is InChI=1S/C16H25N3/c1-12-6-8-13(9-7-12)10-17-16-14-4-2-3-5-15(14)18-11-19-16/h11-13H,2-10H2,1H3,(H,17,18,19). The molecule has 1 heterocycles. The molecule has 0 spiro atoms. The molecule has 19 heavy (non-hydrogen) atoms. The van der Waals surface area contributed by atoms with Crippen LogP contribution in [0.4, 0.5) is 5.82 Å². The molecule has 1 aromatic heterocycles. The minimum absolute atomic E-state index is 0.838. The third-order valence-corrected chi connectivity index (χ3v) is 4.82. The summed E-state index contributed by atoms with van der Waals surface area (Å²) in [5, 5.41) is 3.61. The van der Waals surface area contributed by atoms with Crippen LogP contribution in [0, 0.1) is 11.8 Å². The lowest BCUT2D eigenvalue weighted by atomic mass is 9.83. The van der Waals surface area contributed by atoms with Gasteiger partial charge in [-0.2, -0.15) is 0 Å². The Labute approximate surface area is 116 Å². The van der Waals surface area contributed by atoms with Crippen molar-refractivity contribution >= 4 is 5.82 Å². The number of rotatable bonds is 3. The van der Waals surface area contributed by atoms with Crippen molar-refractivity contribution < 1.29 is 0 Å². The normalized spacial score (nSPS) is 26.8. The molecule has 2 aliphatic rings. The molecule has 1 N–H and O–H groups in total. The molecule has 1 fully saturated rings. The number of nitrogens with one attached hydrogen (secondary N) is 1. The summed E-state index contributed by atoms with van der Waals surface area (Å²) in [6, 6.07) is 0. The molecule has 0 atom stereocenters. The number of aromatic nitrogens is 2. The molecular weight excluding hydrogens is 234 g/mol. The van der Waals surface area contributed by atoms with E-state index in [-0.39, 0.29) is 0 Å². The number of hydrogen-bond donors (Lipinski definition) is 1. The molecule has 1 saturated carbocycles. The molecular formula is C16H25N3. The van der Waals surface area contributed by atoms with Gasteiger partial charge in [0, 0.05) is 17.8 Å². The lowest BCUT2D eigenvalue weighted by Gasteiger charge is -2.27. The fourth-order valence-electron chi connectivity index (χ4n) is 3.45. The Kier molecular flexibility index (Phi) is 4.00. The van der Waals surface area contributed by atoms with Crippen molar-refractivity contribution in [2.45, 2.75) is 58.3 Å². The van der Waals surface area contributed by atoms with Gasteiger partial charge in [-0.05, 0) is 50.4 Å². The van der Waals surface area contributed by atoms with E-state index in [1.807, 2.05) is 0 Å². The zero-order valence-electron chi connectivity index (χ0n) is 12.0. The van der Waals surface area contributed by atoms with Gasteiger partial charge in [0.15, 0.2) is 0 Å². The highest BCUT2D eigenvalue weighted by Crippen LogP contribution is 2.29. The highest BCUT2D eigenvalue weighted by Gasteiger charge is 2.19. The zero-order chi connectivity index (χ0) is 13.1. The Morgan fingerprint density at radius 2 is 1.89 bits per heavy atom. The molecule has 104 valence electrons. The Morgan fingerprint density at radius 3 is 2.74 bits per heavy atom. The van der Waals surface area contributed by atoms with Crippen LogP contribution in [0.25, 0.3) is 0 Å². The van der Waals surface area contributed by atoms with Gasteiger partial charge in [-0.15, -0.1) is 0 Å². The fraction of sp³-hybridized carbons (Fsp3) is 0.750. The van der Waals surface area contributed by atoms with Crippen molar-refractivity contribution in [1.82, 2.24) is 9.97 Å². The van der Waals surface area contributed by atoms with Gasteiger partial charge in [-0.25, -0.2) is 9.97 Å². The molecule has 0 aliphatic heterocycles. The van der Waals surface area contributed by atoms with E-state index in [0.29, 0.717) is 0 Å². The van der Waals surface area contributed by atoms with Crippen LogP contribution >= 0.6 is 0 Å². The molecule has 0 saturated heterocycles. The van der Waals surface area contributed by atoms with Crippen LogP contribution < -0.4 is 5.32 Å². The molecule has 3 nitrogen and oxygen atoms in total. The molecule has 2 aliphatic carbocycles. The van der Waals surface area contributed by atoms with Crippen LogP contribution in [0.2, 0.25) is 0 Å². The van der Waals surface area contributed by atoms with E-state index < -0.39 is 0 Å². The van der Waals surface area contributed by atoms with Crippen molar-refractivity contribution in [1.29, 1.82) is 0 Å². The number of fused-ring (bicyclic) bond motifs is 1. The van der Waals surface area contributed by atoms with Gasteiger partial charge in [0.2, 0.25) is 0 Å². The average molecular weight is 259 g/mol. The first kappa shape index (κ1) is 12.9. The maximum absolute atomic E-state index is 4.47. The first-order chi connectivity index (χ1) is 9.33. The van der Waals surface area contributed by atoms with E-state index in [0.717, 1.165) is 37.0 Å². The Bertz CT molecular complexity index is 422. The van der Waals surface area contributed by atoms with Crippen molar-refractivity contribution in [3.8, 4) is 0 Å². The minimum Gasteiger partial charge on any atom is -0.369 e. The number of nitrogens with zero attached hydrogens (tertiary/aromatic N) is 2. The van der Waals surface area contributed by atoms with Crippen LogP contribution in [-0.2, 0) is 12.8 Å². The predicted octanol–water partition coefficient (Wildman–Crippen LogP) is 3.59. The van der Waals surface area contributed by atoms with Gasteiger partial charge in [0.25, 0.3) is 0 Å². The van der Waals surface area contributed by atoms with Crippen LogP contribution in [-0.4, -0.2) is 16.5 Å². The summed E-state index contributed by atoms with van der Waals surface area (Å²) in [6.45, 7) is 3.47. The molecule has 0 radical (unpaired) electrons. The first-order valence-electron chi connectivity index (χ1n) is 7.89. The molecule has 3 rings (SSSR count). The van der Waals surface area contributed by atoms with Gasteiger partial charge in [0.05, 0.1) is 0 Å². The lowest BCUT2D eigenvalue weighted by Crippen LogP contribution is -2.22. The van der Waals surface area contributed by atoms with E-state index in [1.165, 1.54) is 49.8 Å². The number of anilines is 1. The second-order valence-electron chi connectivity index (χ2n) is 6.36. The number of aryl methyl sites for hydroxylation is 1. The molecule has 1 aromatic rings. The summed E-state index contributed by atoms with van der Waals surface area (Å²) in [6.07, 6.45) is 12.1. The molecule has 0 aromatic carbocycles. The largest absolute Gasteiger partial charge is 0.369 e. The summed E-state index contributed by atoms with van der Waals surface area (Å²) >= 11 is 0. The zero-order valence-corrected chi connectivity index (χ0v) is 12.0. The quantitative estimate of drug-likeness (QED) is 0.901. The summed E-state index contributed by atoms with van der Waals surface area (Å²) in [5.74, 6) is 2.89. The Hall–Kier alpha value is -1.12. The highest BCUT2D eigenvalue weighted by molar-refractivity contribution is 5.46. The summed E-state index contributed by atoms with van der Waals surface area (Å²) < 4.78 is 0. The van der Waals surface area contributed by atoms with E-state index in [1.54, 1.807) is 6.33 Å². The smallest absolute Gasteiger partial charge is 0.132 e. The first-order valence-corrected chi connectivity index (χ1v) is 7.89. The van der Waals surface area contributed by atoms with Crippen LogP contribution in [0.1, 0.15) is 56.7 Å². The summed E-state index contributed by atoms with van der Waals surface area (Å²) in [7, 11) is 0. The van der Waals surface area contributed by atoms with Gasteiger partial charge < -0.3 is 5.32 Å². The SMILES string of the molecule is CC1CCC(CNc2ncnc3c2CCCC3)CC1. The van der Waals surface area contributed by atoms with Crippen LogP contribution in [0.15, 0.2) is 6.33 Å². The highest BCUT2D eigenvalue weighted by atomic mass is 15.0. The number of hydrogen-bond acceptors (Lipinski definition) is 3. The van der Waals surface area contributed by atoms with E-state index in [4.69, 9.17) is 0 Å². The van der Waals surface area contributed by atoms with Crippen molar-refractivity contribution in [3.05, 3.63) is 17.6 Å². The third kappa shape index (κ3) is 3.07. The predicted molar refractivity (Wildman–Crippen MR) is 78.3 cm³/mol. The summed E-state index contributed by atoms with van der Waals surface area (Å²) in [5.41, 5.74) is 2.67. The maximum Gasteiger partial charge on any atom is 0.132 e. The van der Waals surface area contributed by atoms with Gasteiger partial charge >= 0.3 is 0 Å². The van der Waals surface area contributed by atoms with E-state index >= 15 is 0 Å². The topological polar surface area (TPSA) is 37.8 Å². The average Bonchev–Trinajstić information content (AvgIpc) is 2.47. The molecule has 0 bridgehead atoms. The van der Waals surface area contributed by atoms with Crippen molar-refractivity contribution in [2.75, 3.05) is 11.9 Å². The maximum atomic E-state index is 4.47. The van der Waals surface area contributed by atoms with Crippen molar-refractivity contribution in [2.24, 2.45) is 11.8 Å². The molecule has 0 unspecified atom stereocenters. The third-order valence-electron chi connectivity index (χ3n) is 4.82. The monoisotopic (exact) mass is 259 g/mol. The van der Waals surface area contributed by atoms with Crippen molar-refractivity contribution in [3.63, 3.8) is 0 Å². The van der Waals surface area contributed by atoms with Crippen LogP contribution in [0.5, 0.6) is 0 Å². The minimum atomic E-state index is 0.838. The van der Waals surface area contributed by atoms with Crippen LogP contribution in [0.3, 0.4) is 0 Å². The Balaban J connectivity index is 1.61. The summed E-state index contributed by atoms with van der Waals surface area (Å²) in [4.78, 5) is 8.90. The van der Waals surface area contributed by atoms with Gasteiger partial charge in [-0.1, -0.05) is 19.8 Å². The van der Waals surface area contributed by atoms with Gasteiger partial charge in [0.1, 0.15) is 12.1 Å². The van der Waals surface area contributed by atoms with Gasteiger partial charge in [-0.3, -0.25) is 0 Å². The Morgan fingerprint density at radius 1 is 1.11 bits per heavy atom. The fourth-order valence-corrected chi connectivity index (χ4v) is 3.45. The lowest BCUT2D eigenvalue weighted by molar-refractivity contribution is 0.300. The van der Waals surface area contributed by atoms with E-state index in [2.05, 4.69) is 22.2 Å². The van der Waals surface area contributed by atoms with E-state index in [9.17, 15) is 0 Å². The molecule has 3 heteroatoms. The second-order valence-corrected chi connectivity index (χ2v) is 6.36.